The molecule has 5 nitrogen and oxygen atoms in total. The molecule has 0 radical (unpaired) electrons. The highest BCUT2D eigenvalue weighted by molar-refractivity contribution is 6.16. The highest BCUT2D eigenvalue weighted by atomic mass is 35.5. The Morgan fingerprint density at radius 2 is 2.54 bits per heavy atom. The number of carboxylic acids is 1. The first-order chi connectivity index (χ1) is 6.13. The molecule has 0 saturated carbocycles. The second-order valence-electron chi connectivity index (χ2n) is 2.64. The highest BCUT2D eigenvalue weighted by Gasteiger charge is 2.13. The first kappa shape index (κ1) is 10.0. The number of halogens is 1. The van der Waals surface area contributed by atoms with Crippen molar-refractivity contribution in [2.45, 2.75) is 18.3 Å². The van der Waals surface area contributed by atoms with Gasteiger partial charge in [-0.05, 0) is 0 Å². The number of rotatable bonds is 4. The molecule has 0 amide bonds. The van der Waals surface area contributed by atoms with E-state index in [0.717, 1.165) is 0 Å². The minimum Gasteiger partial charge on any atom is -0.480 e. The number of carbonyl (C=O) groups is 1. The zero-order chi connectivity index (χ0) is 9.84. The summed E-state index contributed by atoms with van der Waals surface area (Å²) in [5.74, 6) is -0.126. The molecule has 72 valence electrons. The maximum Gasteiger partial charge on any atom is 0.320 e. The van der Waals surface area contributed by atoms with Gasteiger partial charge in [0.25, 0.3) is 0 Å². The van der Waals surface area contributed by atoms with E-state index in [0.29, 0.717) is 11.5 Å². The van der Waals surface area contributed by atoms with E-state index in [-0.39, 0.29) is 12.3 Å². The monoisotopic (exact) mass is 203 g/mol. The summed E-state index contributed by atoms with van der Waals surface area (Å²) in [7, 11) is 0. The molecular formula is C7H10ClN3O2. The smallest absolute Gasteiger partial charge is 0.320 e. The van der Waals surface area contributed by atoms with Gasteiger partial charge in [-0.2, -0.15) is 0 Å². The molecule has 1 rings (SSSR count). The lowest BCUT2D eigenvalue weighted by atomic mass is 10.2. The second-order valence-corrected chi connectivity index (χ2v) is 2.90. The molecular weight excluding hydrogens is 194 g/mol. The largest absolute Gasteiger partial charge is 0.480 e. The van der Waals surface area contributed by atoms with Crippen molar-refractivity contribution in [2.24, 2.45) is 5.73 Å². The fourth-order valence-corrected chi connectivity index (χ4v) is 1.04. The SMILES string of the molecule is N[C@@H](Cc1cnc(CCl)[nH]1)C(=O)O. The van der Waals surface area contributed by atoms with Gasteiger partial charge < -0.3 is 15.8 Å². The first-order valence-electron chi connectivity index (χ1n) is 3.70. The number of nitrogens with zero attached hydrogens (tertiary/aromatic N) is 1. The van der Waals surface area contributed by atoms with Crippen LogP contribution in [-0.4, -0.2) is 27.1 Å². The van der Waals surface area contributed by atoms with Gasteiger partial charge in [-0.25, -0.2) is 4.98 Å². The van der Waals surface area contributed by atoms with Crippen LogP contribution in [0.4, 0.5) is 0 Å². The highest BCUT2D eigenvalue weighted by Crippen LogP contribution is 2.02. The number of imidazole rings is 1. The van der Waals surface area contributed by atoms with Crippen molar-refractivity contribution in [3.8, 4) is 0 Å². The van der Waals surface area contributed by atoms with E-state index in [9.17, 15) is 4.79 Å². The van der Waals surface area contributed by atoms with Crippen LogP contribution in [0.5, 0.6) is 0 Å². The number of H-pyrrole nitrogens is 1. The van der Waals surface area contributed by atoms with E-state index in [1.165, 1.54) is 0 Å². The Morgan fingerprint density at radius 1 is 1.85 bits per heavy atom. The molecule has 13 heavy (non-hydrogen) atoms. The predicted molar refractivity (Wildman–Crippen MR) is 47.5 cm³/mol. The van der Waals surface area contributed by atoms with Crippen molar-refractivity contribution in [1.29, 1.82) is 0 Å². The van der Waals surface area contributed by atoms with E-state index in [1.807, 2.05) is 0 Å². The molecule has 0 aliphatic carbocycles. The maximum absolute atomic E-state index is 10.4. The normalized spacial score (nSPS) is 12.8. The molecule has 6 heteroatoms. The van der Waals surface area contributed by atoms with Gasteiger partial charge >= 0.3 is 5.97 Å². The second kappa shape index (κ2) is 4.25. The van der Waals surface area contributed by atoms with Crippen molar-refractivity contribution >= 4 is 17.6 Å². The molecule has 4 N–H and O–H groups in total. The predicted octanol–water partition coefficient (Wildman–Crippen LogP) is 0.103. The molecule has 0 fully saturated rings. The van der Waals surface area contributed by atoms with Gasteiger partial charge in [-0.1, -0.05) is 0 Å². The van der Waals surface area contributed by atoms with E-state index in [1.54, 1.807) is 6.20 Å². The topological polar surface area (TPSA) is 92.0 Å². The molecule has 0 aliphatic heterocycles. The summed E-state index contributed by atoms with van der Waals surface area (Å²) in [4.78, 5) is 17.2. The standard InChI is InChI=1S/C7H10ClN3O2/c8-2-6-10-3-4(11-6)1-5(9)7(12)13/h3,5H,1-2,9H2,(H,10,11)(H,12,13)/t5-/m0/s1. The van der Waals surface area contributed by atoms with Gasteiger partial charge in [-0.3, -0.25) is 4.79 Å². The minimum atomic E-state index is -1.03. The van der Waals surface area contributed by atoms with Crippen LogP contribution in [0.1, 0.15) is 11.5 Å². The number of aliphatic carboxylic acids is 1. The van der Waals surface area contributed by atoms with Gasteiger partial charge in [0, 0.05) is 18.3 Å². The van der Waals surface area contributed by atoms with Crippen LogP contribution in [0.3, 0.4) is 0 Å². The number of nitrogens with one attached hydrogen (secondary N) is 1. The summed E-state index contributed by atoms with van der Waals surface area (Å²) < 4.78 is 0. The van der Waals surface area contributed by atoms with Crippen LogP contribution in [0.25, 0.3) is 0 Å². The van der Waals surface area contributed by atoms with Crippen LogP contribution in [-0.2, 0) is 17.1 Å². The molecule has 1 aromatic heterocycles. The van der Waals surface area contributed by atoms with E-state index in [2.05, 4.69) is 9.97 Å². The lowest BCUT2D eigenvalue weighted by Gasteiger charge is -2.02. The molecule has 1 heterocycles. The zero-order valence-corrected chi connectivity index (χ0v) is 7.58. The van der Waals surface area contributed by atoms with E-state index < -0.39 is 12.0 Å². The molecule has 0 bridgehead atoms. The summed E-state index contributed by atoms with van der Waals surface area (Å²) in [6.45, 7) is 0. The summed E-state index contributed by atoms with van der Waals surface area (Å²) in [5.41, 5.74) is 6.00. The Kier molecular flexibility index (Phi) is 3.27. The Bertz CT molecular complexity index is 300. The third-order valence-corrected chi connectivity index (χ3v) is 1.82. The van der Waals surface area contributed by atoms with Gasteiger partial charge in [0.15, 0.2) is 0 Å². The number of nitrogens with two attached hydrogens (primary N) is 1. The molecule has 0 saturated heterocycles. The van der Waals surface area contributed by atoms with E-state index >= 15 is 0 Å². The Hall–Kier alpha value is -1.07. The van der Waals surface area contributed by atoms with Gasteiger partial charge in [-0.15, -0.1) is 11.6 Å². The van der Waals surface area contributed by atoms with Crippen LogP contribution >= 0.6 is 11.6 Å². The van der Waals surface area contributed by atoms with Crippen molar-refractivity contribution in [3.05, 3.63) is 17.7 Å². The lowest BCUT2D eigenvalue weighted by molar-refractivity contribution is -0.138. The zero-order valence-electron chi connectivity index (χ0n) is 6.83. The van der Waals surface area contributed by atoms with Crippen LogP contribution in [0.2, 0.25) is 0 Å². The Morgan fingerprint density at radius 3 is 3.00 bits per heavy atom. The molecule has 0 spiro atoms. The molecule has 0 aromatic carbocycles. The summed E-state index contributed by atoms with van der Waals surface area (Å²) >= 11 is 5.50. The third kappa shape index (κ3) is 2.71. The molecule has 1 aromatic rings. The van der Waals surface area contributed by atoms with Crippen LogP contribution in [0.15, 0.2) is 6.20 Å². The molecule has 0 unspecified atom stereocenters. The van der Waals surface area contributed by atoms with Gasteiger partial charge in [0.2, 0.25) is 0 Å². The van der Waals surface area contributed by atoms with Crippen molar-refractivity contribution in [3.63, 3.8) is 0 Å². The summed E-state index contributed by atoms with van der Waals surface area (Å²) in [6.07, 6.45) is 1.78. The fourth-order valence-electron chi connectivity index (χ4n) is 0.902. The molecule has 1 atom stereocenters. The Labute approximate surface area is 79.9 Å². The lowest BCUT2D eigenvalue weighted by Crippen LogP contribution is -2.32. The number of aromatic amines is 1. The first-order valence-corrected chi connectivity index (χ1v) is 4.24. The van der Waals surface area contributed by atoms with Gasteiger partial charge in [0.1, 0.15) is 11.9 Å². The third-order valence-electron chi connectivity index (χ3n) is 1.56. The number of alkyl halides is 1. The van der Waals surface area contributed by atoms with Crippen molar-refractivity contribution in [2.75, 3.05) is 0 Å². The van der Waals surface area contributed by atoms with Crippen LogP contribution < -0.4 is 5.73 Å². The number of carboxylic acid groups (broad SMARTS) is 1. The van der Waals surface area contributed by atoms with Crippen molar-refractivity contribution < 1.29 is 9.90 Å². The average Bonchev–Trinajstić information content (AvgIpc) is 2.52. The Balaban J connectivity index is 2.58. The quantitative estimate of drug-likeness (QED) is 0.606. The summed E-state index contributed by atoms with van der Waals surface area (Å²) in [5, 5.41) is 8.52. The summed E-state index contributed by atoms with van der Waals surface area (Å²) in [6, 6.07) is -0.899. The number of hydrogen-bond donors (Lipinski definition) is 3. The van der Waals surface area contributed by atoms with Crippen molar-refractivity contribution in [1.82, 2.24) is 9.97 Å². The minimum absolute atomic E-state index is 0.235. The maximum atomic E-state index is 10.4. The van der Waals surface area contributed by atoms with Crippen LogP contribution in [0, 0.1) is 0 Å². The van der Waals surface area contributed by atoms with Gasteiger partial charge in [0.05, 0.1) is 5.88 Å². The average molecular weight is 204 g/mol. The number of aromatic nitrogens is 2. The van der Waals surface area contributed by atoms with E-state index in [4.69, 9.17) is 22.4 Å². The number of hydrogen-bond acceptors (Lipinski definition) is 3. The molecule has 0 aliphatic rings. The fraction of sp³-hybridized carbons (Fsp3) is 0.429.